The van der Waals surface area contributed by atoms with Crippen LogP contribution >= 0.6 is 0 Å². The summed E-state index contributed by atoms with van der Waals surface area (Å²) in [6, 6.07) is 1.78. The van der Waals surface area contributed by atoms with E-state index in [1.54, 1.807) is 13.8 Å². The normalized spacial score (nSPS) is 17.6. The first-order valence-electron chi connectivity index (χ1n) is 7.54. The molecule has 12 heteroatoms. The Balaban J connectivity index is 2.39. The van der Waals surface area contributed by atoms with Crippen molar-refractivity contribution in [2.45, 2.75) is 38.7 Å². The Kier molecular flexibility index (Phi) is 5.23. The molecule has 0 spiro atoms. The van der Waals surface area contributed by atoms with Crippen molar-refractivity contribution in [3.05, 3.63) is 50.9 Å². The molecule has 0 unspecified atom stereocenters. The number of halogens is 3. The number of carbonyl (C=O) groups excluding carboxylic acids is 1. The molecule has 0 fully saturated rings. The zero-order chi connectivity index (χ0) is 20.7. The Morgan fingerprint density at radius 3 is 2.37 bits per heavy atom. The van der Waals surface area contributed by atoms with E-state index in [-0.39, 0.29) is 12.0 Å². The highest BCUT2D eigenvalue weighted by molar-refractivity contribution is 7.87. The SMILES string of the molecule is Cc1cc(C(=O)N2C=C(OS(=O)(=O)C(F)(F)F)C[C@H]2C)c([N+](=O)[O-])cc1C. The first-order valence-corrected chi connectivity index (χ1v) is 8.95. The van der Waals surface area contributed by atoms with E-state index in [2.05, 4.69) is 4.18 Å². The van der Waals surface area contributed by atoms with Gasteiger partial charge in [0.25, 0.3) is 11.6 Å². The average Bonchev–Trinajstić information content (AvgIpc) is 2.87. The van der Waals surface area contributed by atoms with Crippen molar-refractivity contribution in [3.63, 3.8) is 0 Å². The predicted octanol–water partition coefficient (Wildman–Crippen LogP) is 3.15. The van der Waals surface area contributed by atoms with Gasteiger partial charge in [-0.15, -0.1) is 0 Å². The van der Waals surface area contributed by atoms with Crippen molar-refractivity contribution in [2.24, 2.45) is 0 Å². The lowest BCUT2D eigenvalue weighted by Gasteiger charge is -2.19. The van der Waals surface area contributed by atoms with Gasteiger partial charge >= 0.3 is 15.6 Å². The molecule has 0 saturated heterocycles. The van der Waals surface area contributed by atoms with E-state index in [1.165, 1.54) is 19.1 Å². The lowest BCUT2D eigenvalue weighted by atomic mass is 10.0. The van der Waals surface area contributed by atoms with Crippen molar-refractivity contribution in [1.82, 2.24) is 4.90 Å². The molecule has 0 aromatic heterocycles. The van der Waals surface area contributed by atoms with Crippen LogP contribution in [-0.2, 0) is 14.3 Å². The van der Waals surface area contributed by atoms with Crippen molar-refractivity contribution in [1.29, 1.82) is 0 Å². The number of carbonyl (C=O) groups is 1. The van der Waals surface area contributed by atoms with Crippen LogP contribution in [0.1, 0.15) is 34.8 Å². The minimum absolute atomic E-state index is 0.258. The number of nitrogens with zero attached hydrogens (tertiary/aromatic N) is 2. The summed E-state index contributed by atoms with van der Waals surface area (Å²) in [7, 11) is -5.87. The van der Waals surface area contributed by atoms with E-state index in [9.17, 15) is 36.5 Å². The summed E-state index contributed by atoms with van der Waals surface area (Å²) in [5.74, 6) is -1.43. The minimum Gasteiger partial charge on any atom is -0.379 e. The van der Waals surface area contributed by atoms with Crippen molar-refractivity contribution < 1.29 is 35.5 Å². The molecular formula is C15H15F3N2O6S. The molecule has 1 aliphatic rings. The van der Waals surface area contributed by atoms with Gasteiger partial charge in [0.2, 0.25) is 0 Å². The summed E-state index contributed by atoms with van der Waals surface area (Å²) in [6.45, 7) is 4.71. The van der Waals surface area contributed by atoms with Gasteiger partial charge in [-0.1, -0.05) is 0 Å². The molecule has 0 bridgehead atoms. The summed E-state index contributed by atoms with van der Waals surface area (Å²) in [5.41, 5.74) is -5.13. The van der Waals surface area contributed by atoms with E-state index in [0.717, 1.165) is 11.1 Å². The number of amides is 1. The molecule has 1 heterocycles. The maximum atomic E-state index is 12.7. The lowest BCUT2D eigenvalue weighted by molar-refractivity contribution is -0.385. The highest BCUT2D eigenvalue weighted by Gasteiger charge is 2.49. The van der Waals surface area contributed by atoms with Crippen LogP contribution in [0.4, 0.5) is 18.9 Å². The molecule has 1 atom stereocenters. The van der Waals surface area contributed by atoms with Gasteiger partial charge in [0, 0.05) is 24.7 Å². The number of alkyl halides is 3. The zero-order valence-corrected chi connectivity index (χ0v) is 15.2. The predicted molar refractivity (Wildman–Crippen MR) is 87.0 cm³/mol. The minimum atomic E-state index is -5.87. The van der Waals surface area contributed by atoms with Crippen LogP contribution < -0.4 is 0 Å². The first-order chi connectivity index (χ1) is 12.2. The first kappa shape index (κ1) is 20.7. The molecule has 1 aliphatic heterocycles. The van der Waals surface area contributed by atoms with Gasteiger partial charge in [-0.05, 0) is 38.0 Å². The third kappa shape index (κ3) is 4.04. The molecule has 1 aromatic rings. The molecule has 0 aliphatic carbocycles. The highest BCUT2D eigenvalue weighted by Crippen LogP contribution is 2.33. The second kappa shape index (κ2) is 6.83. The summed E-state index contributed by atoms with van der Waals surface area (Å²) < 4.78 is 63.6. The molecule has 0 radical (unpaired) electrons. The zero-order valence-electron chi connectivity index (χ0n) is 14.4. The van der Waals surface area contributed by atoms with E-state index >= 15 is 0 Å². The number of nitro groups is 1. The van der Waals surface area contributed by atoms with Crippen LogP contribution in [0, 0.1) is 24.0 Å². The smallest absolute Gasteiger partial charge is 0.379 e. The van der Waals surface area contributed by atoms with Crippen molar-refractivity contribution in [3.8, 4) is 0 Å². The standard InChI is InChI=1S/C15H15F3N2O6S/c1-8-4-12(13(20(22)23)5-9(8)2)14(21)19-7-11(6-10(19)3)26-27(24,25)15(16,17)18/h4-5,7,10H,6H2,1-3H3/t10-/m1/s1. The molecule has 1 aromatic carbocycles. The molecular weight excluding hydrogens is 393 g/mol. The molecule has 1 amide bonds. The quantitative estimate of drug-likeness (QED) is 0.328. The molecule has 0 N–H and O–H groups in total. The molecule has 148 valence electrons. The van der Waals surface area contributed by atoms with Crippen LogP contribution in [-0.4, -0.2) is 35.7 Å². The van der Waals surface area contributed by atoms with Crippen molar-refractivity contribution >= 4 is 21.7 Å². The van der Waals surface area contributed by atoms with Gasteiger partial charge in [-0.3, -0.25) is 14.9 Å². The number of hydrogen-bond acceptors (Lipinski definition) is 6. The Morgan fingerprint density at radius 2 is 1.85 bits per heavy atom. The summed E-state index contributed by atoms with van der Waals surface area (Å²) in [5, 5.41) is 11.2. The largest absolute Gasteiger partial charge is 0.534 e. The monoisotopic (exact) mass is 408 g/mol. The number of rotatable bonds is 4. The molecule has 0 saturated carbocycles. The second-order valence-corrected chi connectivity index (χ2v) is 7.59. The number of hydrogen-bond donors (Lipinski definition) is 0. The van der Waals surface area contributed by atoms with Crippen LogP contribution in [0.3, 0.4) is 0 Å². The Labute approximate surface area is 152 Å². The number of benzene rings is 1. The Hall–Kier alpha value is -2.63. The Bertz CT molecular complexity index is 940. The van der Waals surface area contributed by atoms with E-state index in [1.807, 2.05) is 0 Å². The maximum Gasteiger partial charge on any atom is 0.534 e. The summed E-state index contributed by atoms with van der Waals surface area (Å²) in [4.78, 5) is 24.1. The topological polar surface area (TPSA) is 107 Å². The van der Waals surface area contributed by atoms with Gasteiger partial charge in [0.15, 0.2) is 0 Å². The number of aryl methyl sites for hydroxylation is 2. The van der Waals surface area contributed by atoms with E-state index < -0.39 is 43.9 Å². The van der Waals surface area contributed by atoms with E-state index in [4.69, 9.17) is 0 Å². The summed E-state index contributed by atoms with van der Waals surface area (Å²) >= 11 is 0. The molecule has 27 heavy (non-hydrogen) atoms. The fraction of sp³-hybridized carbons (Fsp3) is 0.400. The fourth-order valence-electron chi connectivity index (χ4n) is 2.49. The van der Waals surface area contributed by atoms with Gasteiger partial charge in [0.05, 0.1) is 4.92 Å². The van der Waals surface area contributed by atoms with Crippen molar-refractivity contribution in [2.75, 3.05) is 0 Å². The van der Waals surface area contributed by atoms with Gasteiger partial charge < -0.3 is 9.08 Å². The fourth-order valence-corrected chi connectivity index (χ4v) is 2.98. The van der Waals surface area contributed by atoms with Gasteiger partial charge in [-0.2, -0.15) is 21.6 Å². The third-order valence-corrected chi connectivity index (χ3v) is 5.03. The van der Waals surface area contributed by atoms with Gasteiger partial charge in [-0.25, -0.2) is 0 Å². The van der Waals surface area contributed by atoms with Crippen LogP contribution in [0.25, 0.3) is 0 Å². The third-order valence-electron chi connectivity index (χ3n) is 4.03. The Morgan fingerprint density at radius 1 is 1.30 bits per heavy atom. The highest BCUT2D eigenvalue weighted by atomic mass is 32.2. The van der Waals surface area contributed by atoms with Crippen LogP contribution in [0.15, 0.2) is 24.1 Å². The van der Waals surface area contributed by atoms with Gasteiger partial charge in [0.1, 0.15) is 11.3 Å². The van der Waals surface area contributed by atoms with E-state index in [0.29, 0.717) is 11.1 Å². The second-order valence-electron chi connectivity index (χ2n) is 6.05. The molecule has 8 nitrogen and oxygen atoms in total. The van der Waals surface area contributed by atoms with Crippen LogP contribution in [0.2, 0.25) is 0 Å². The van der Waals surface area contributed by atoms with Crippen LogP contribution in [0.5, 0.6) is 0 Å². The number of nitro benzene ring substituents is 1. The molecule has 2 rings (SSSR count). The maximum absolute atomic E-state index is 12.7. The average molecular weight is 408 g/mol. The summed E-state index contributed by atoms with van der Waals surface area (Å²) in [6.07, 6.45) is 0.523. The lowest BCUT2D eigenvalue weighted by Crippen LogP contribution is -2.31.